The zero-order valence-corrected chi connectivity index (χ0v) is 15.2. The molecule has 0 radical (unpaired) electrons. The first kappa shape index (κ1) is 18.1. The van der Waals surface area contributed by atoms with Gasteiger partial charge in [0.15, 0.2) is 0 Å². The zero-order valence-electron chi connectivity index (χ0n) is 15.2. The van der Waals surface area contributed by atoms with Gasteiger partial charge in [-0.25, -0.2) is 10.4 Å². The number of carbonyl (C=O) groups excluding carboxylic acids is 1. The van der Waals surface area contributed by atoms with Crippen molar-refractivity contribution in [2.75, 3.05) is 5.32 Å². The lowest BCUT2D eigenvalue weighted by Gasteiger charge is -2.07. The molecule has 0 fully saturated rings. The molecular weight excluding hydrogens is 368 g/mol. The van der Waals surface area contributed by atoms with E-state index in [0.717, 1.165) is 5.56 Å². The summed E-state index contributed by atoms with van der Waals surface area (Å²) in [6, 6.07) is 17.4. The van der Waals surface area contributed by atoms with Crippen molar-refractivity contribution in [3.8, 4) is 0 Å². The summed E-state index contributed by atoms with van der Waals surface area (Å²) in [6.45, 7) is 0. The minimum Gasteiger partial charge on any atom is -0.326 e. The van der Waals surface area contributed by atoms with E-state index >= 15 is 0 Å². The molecule has 0 aliphatic heterocycles. The molecule has 0 atom stereocenters. The first-order chi connectivity index (χ1) is 14.2. The second-order valence-corrected chi connectivity index (χ2v) is 6.12. The highest BCUT2D eigenvalue weighted by molar-refractivity contribution is 5.95. The van der Waals surface area contributed by atoms with Gasteiger partial charge in [0, 0.05) is 29.2 Å². The Morgan fingerprint density at radius 3 is 2.66 bits per heavy atom. The van der Waals surface area contributed by atoms with Gasteiger partial charge < -0.3 is 5.32 Å². The first-order valence-corrected chi connectivity index (χ1v) is 8.79. The van der Waals surface area contributed by atoms with Crippen LogP contribution in [0.15, 0.2) is 83.0 Å². The zero-order chi connectivity index (χ0) is 20.1. The smallest absolute Gasteiger partial charge is 0.271 e. The maximum atomic E-state index is 12.2. The van der Waals surface area contributed by atoms with Crippen molar-refractivity contribution in [3.05, 3.63) is 94.5 Å². The number of pyridine rings is 1. The maximum absolute atomic E-state index is 12.2. The average molecular weight is 384 g/mol. The van der Waals surface area contributed by atoms with Crippen molar-refractivity contribution < 1.29 is 4.79 Å². The number of fused-ring (bicyclic) bond motifs is 1. The SMILES string of the molecule is O=C(N/N=C\c1cccnc1)c1ccc(Nc2nc3ccccc3c(=O)[nH]2)cc1. The number of amides is 1. The van der Waals surface area contributed by atoms with E-state index in [0.29, 0.717) is 28.1 Å². The molecule has 3 N–H and O–H groups in total. The third-order valence-corrected chi connectivity index (χ3v) is 4.09. The Morgan fingerprint density at radius 1 is 1.03 bits per heavy atom. The lowest BCUT2D eigenvalue weighted by Crippen LogP contribution is -2.17. The van der Waals surface area contributed by atoms with Crippen molar-refractivity contribution in [2.45, 2.75) is 0 Å². The van der Waals surface area contributed by atoms with E-state index < -0.39 is 0 Å². The minimum atomic E-state index is -0.339. The molecule has 0 unspecified atom stereocenters. The van der Waals surface area contributed by atoms with E-state index in [1.165, 1.54) is 6.21 Å². The summed E-state index contributed by atoms with van der Waals surface area (Å²) in [5.41, 5.74) is 4.75. The number of hydrogen-bond acceptors (Lipinski definition) is 6. The molecule has 0 saturated heterocycles. The Hall–Kier alpha value is -4.33. The summed E-state index contributed by atoms with van der Waals surface area (Å²) in [4.78, 5) is 35.4. The topological polar surface area (TPSA) is 112 Å². The predicted molar refractivity (Wildman–Crippen MR) is 111 cm³/mol. The molecular formula is C21H16N6O2. The standard InChI is InChI=1S/C21H16N6O2/c28-19(27-23-13-14-4-3-11-22-12-14)15-7-9-16(10-8-15)24-21-25-18-6-2-1-5-17(18)20(29)26-21/h1-13H,(H,27,28)(H2,24,25,26,29)/b23-13-. The number of carbonyl (C=O) groups is 1. The molecule has 1 amide bonds. The molecule has 0 bridgehead atoms. The monoisotopic (exact) mass is 384 g/mol. The number of aromatic nitrogens is 3. The second-order valence-electron chi connectivity index (χ2n) is 6.12. The molecule has 0 aliphatic carbocycles. The van der Waals surface area contributed by atoms with E-state index in [1.807, 2.05) is 12.1 Å². The maximum Gasteiger partial charge on any atom is 0.271 e. The van der Waals surface area contributed by atoms with Gasteiger partial charge in [-0.05, 0) is 42.5 Å². The molecule has 0 saturated carbocycles. The Bertz CT molecular complexity index is 1230. The van der Waals surface area contributed by atoms with Crippen LogP contribution in [-0.4, -0.2) is 27.1 Å². The van der Waals surface area contributed by atoms with Crippen molar-refractivity contribution >= 4 is 34.7 Å². The Kier molecular flexibility index (Phi) is 5.06. The summed E-state index contributed by atoms with van der Waals surface area (Å²) >= 11 is 0. The van der Waals surface area contributed by atoms with Gasteiger partial charge in [0.1, 0.15) is 0 Å². The number of rotatable bonds is 5. The number of aromatic amines is 1. The van der Waals surface area contributed by atoms with Gasteiger partial charge in [0.2, 0.25) is 5.95 Å². The van der Waals surface area contributed by atoms with E-state index in [9.17, 15) is 9.59 Å². The summed E-state index contributed by atoms with van der Waals surface area (Å²) in [5.74, 6) is -0.0131. The fraction of sp³-hybridized carbons (Fsp3) is 0. The van der Waals surface area contributed by atoms with E-state index in [4.69, 9.17) is 0 Å². The summed E-state index contributed by atoms with van der Waals surface area (Å²) in [6.07, 6.45) is 4.82. The second kappa shape index (κ2) is 8.13. The van der Waals surface area contributed by atoms with E-state index in [2.05, 4.69) is 30.8 Å². The average Bonchev–Trinajstić information content (AvgIpc) is 2.75. The molecule has 2 aromatic heterocycles. The van der Waals surface area contributed by atoms with Crippen LogP contribution in [0.2, 0.25) is 0 Å². The summed E-state index contributed by atoms with van der Waals surface area (Å²) in [5, 5.41) is 7.47. The van der Waals surface area contributed by atoms with Crippen LogP contribution in [-0.2, 0) is 0 Å². The number of nitrogens with one attached hydrogen (secondary N) is 3. The van der Waals surface area contributed by atoms with Crippen molar-refractivity contribution in [1.82, 2.24) is 20.4 Å². The molecule has 8 heteroatoms. The highest BCUT2D eigenvalue weighted by atomic mass is 16.2. The van der Waals surface area contributed by atoms with Crippen LogP contribution in [0.1, 0.15) is 15.9 Å². The molecule has 4 aromatic rings. The normalized spacial score (nSPS) is 10.9. The third-order valence-electron chi connectivity index (χ3n) is 4.09. The highest BCUT2D eigenvalue weighted by Crippen LogP contribution is 2.15. The van der Waals surface area contributed by atoms with Crippen LogP contribution in [0.4, 0.5) is 11.6 Å². The van der Waals surface area contributed by atoms with Crippen LogP contribution in [0.25, 0.3) is 10.9 Å². The van der Waals surface area contributed by atoms with Crippen LogP contribution in [0, 0.1) is 0 Å². The molecule has 8 nitrogen and oxygen atoms in total. The van der Waals surface area contributed by atoms with Gasteiger partial charge in [0.05, 0.1) is 17.1 Å². The summed E-state index contributed by atoms with van der Waals surface area (Å²) in [7, 11) is 0. The Balaban J connectivity index is 1.43. The van der Waals surface area contributed by atoms with Gasteiger partial charge in [0.25, 0.3) is 11.5 Å². The molecule has 0 aliphatic rings. The number of nitrogens with zero attached hydrogens (tertiary/aromatic N) is 3. The van der Waals surface area contributed by atoms with Gasteiger partial charge in [-0.3, -0.25) is 19.6 Å². The highest BCUT2D eigenvalue weighted by Gasteiger charge is 2.06. The van der Waals surface area contributed by atoms with E-state index in [1.54, 1.807) is 60.9 Å². The molecule has 0 spiro atoms. The van der Waals surface area contributed by atoms with Gasteiger partial charge in [-0.1, -0.05) is 18.2 Å². The third kappa shape index (κ3) is 4.33. The largest absolute Gasteiger partial charge is 0.326 e. The van der Waals surface area contributed by atoms with Gasteiger partial charge in [-0.2, -0.15) is 5.10 Å². The molecule has 2 aromatic carbocycles. The fourth-order valence-electron chi connectivity index (χ4n) is 2.67. The predicted octanol–water partition coefficient (Wildman–Crippen LogP) is 2.83. The van der Waals surface area contributed by atoms with Crippen LogP contribution in [0.3, 0.4) is 0 Å². The Morgan fingerprint density at radius 2 is 1.86 bits per heavy atom. The molecule has 2 heterocycles. The number of benzene rings is 2. The lowest BCUT2D eigenvalue weighted by molar-refractivity contribution is 0.0955. The first-order valence-electron chi connectivity index (χ1n) is 8.79. The van der Waals surface area contributed by atoms with Crippen molar-refractivity contribution in [1.29, 1.82) is 0 Å². The summed E-state index contributed by atoms with van der Waals surface area (Å²) < 4.78 is 0. The Labute approximate surface area is 165 Å². The van der Waals surface area contributed by atoms with Crippen LogP contribution < -0.4 is 16.3 Å². The molecule has 142 valence electrons. The number of H-pyrrole nitrogens is 1. The molecule has 29 heavy (non-hydrogen) atoms. The lowest BCUT2D eigenvalue weighted by atomic mass is 10.2. The minimum absolute atomic E-state index is 0.222. The number of para-hydroxylation sites is 1. The van der Waals surface area contributed by atoms with Gasteiger partial charge in [-0.15, -0.1) is 0 Å². The van der Waals surface area contributed by atoms with Crippen LogP contribution >= 0.6 is 0 Å². The number of hydrogen-bond donors (Lipinski definition) is 3. The van der Waals surface area contributed by atoms with E-state index in [-0.39, 0.29) is 11.5 Å². The molecule has 4 rings (SSSR count). The quantitative estimate of drug-likeness (QED) is 0.362. The number of anilines is 2. The van der Waals surface area contributed by atoms with Crippen molar-refractivity contribution in [3.63, 3.8) is 0 Å². The fourth-order valence-corrected chi connectivity index (χ4v) is 2.67. The number of hydrazone groups is 1. The van der Waals surface area contributed by atoms with Crippen molar-refractivity contribution in [2.24, 2.45) is 5.10 Å². The van der Waals surface area contributed by atoms with Crippen LogP contribution in [0.5, 0.6) is 0 Å². The van der Waals surface area contributed by atoms with Gasteiger partial charge >= 0.3 is 0 Å².